The van der Waals surface area contributed by atoms with Crippen LogP contribution in [-0.4, -0.2) is 70.7 Å². The normalized spacial score (nSPS) is 23.2. The molecule has 1 unspecified atom stereocenters. The number of fused-ring (bicyclic) bond motifs is 1. The second-order valence-corrected chi connectivity index (χ2v) is 11.3. The van der Waals surface area contributed by atoms with Crippen LogP contribution in [0.4, 0.5) is 4.79 Å². The van der Waals surface area contributed by atoms with Gasteiger partial charge in [0.05, 0.1) is 5.92 Å². The van der Waals surface area contributed by atoms with Crippen LogP contribution in [-0.2, 0) is 14.3 Å². The highest BCUT2D eigenvalue weighted by molar-refractivity contribution is 6.02. The van der Waals surface area contributed by atoms with E-state index in [0.29, 0.717) is 36.1 Å². The van der Waals surface area contributed by atoms with Crippen LogP contribution in [0.25, 0.3) is 11.0 Å². The number of hydrogen-bond donors (Lipinski definition) is 1. The Kier molecular flexibility index (Phi) is 6.76. The molecule has 3 aliphatic rings. The first-order chi connectivity index (χ1) is 17.2. The van der Waals surface area contributed by atoms with Crippen molar-refractivity contribution in [2.45, 2.75) is 82.8 Å². The van der Waals surface area contributed by atoms with Gasteiger partial charge in [0.25, 0.3) is 0 Å². The average Bonchev–Trinajstić information content (AvgIpc) is 3.26. The molecule has 1 atom stereocenters. The Morgan fingerprint density at radius 2 is 1.78 bits per heavy atom. The largest absolute Gasteiger partial charge is 0.444 e. The second kappa shape index (κ2) is 9.84. The number of amides is 3. The predicted molar refractivity (Wildman–Crippen MR) is 134 cm³/mol. The first kappa shape index (κ1) is 24.7. The molecule has 3 amide bonds. The van der Waals surface area contributed by atoms with E-state index in [1.54, 1.807) is 0 Å². The molecule has 9 nitrogen and oxygen atoms in total. The Morgan fingerprint density at radius 1 is 1.06 bits per heavy atom. The van der Waals surface area contributed by atoms with E-state index in [4.69, 9.17) is 9.26 Å². The zero-order valence-electron chi connectivity index (χ0n) is 21.4. The van der Waals surface area contributed by atoms with Crippen molar-refractivity contribution in [2.24, 2.45) is 0 Å². The number of rotatable bonds is 3. The minimum absolute atomic E-state index is 0.205. The summed E-state index contributed by atoms with van der Waals surface area (Å²) in [6.45, 7) is 9.28. The van der Waals surface area contributed by atoms with Gasteiger partial charge in [-0.25, -0.2) is 4.79 Å². The van der Waals surface area contributed by atoms with E-state index >= 15 is 0 Å². The Balaban J connectivity index is 1.16. The molecule has 3 fully saturated rings. The van der Waals surface area contributed by atoms with E-state index in [9.17, 15) is 14.4 Å². The number of nitrogens with one attached hydrogen (secondary N) is 1. The van der Waals surface area contributed by atoms with Gasteiger partial charge in [-0.15, -0.1) is 0 Å². The molecule has 0 bridgehead atoms. The Morgan fingerprint density at radius 3 is 2.44 bits per heavy atom. The van der Waals surface area contributed by atoms with Gasteiger partial charge in [0.15, 0.2) is 5.58 Å². The van der Waals surface area contributed by atoms with Gasteiger partial charge in [0.1, 0.15) is 11.3 Å². The van der Waals surface area contributed by atoms with Crippen LogP contribution < -0.4 is 5.32 Å². The summed E-state index contributed by atoms with van der Waals surface area (Å²) >= 11 is 0. The van der Waals surface area contributed by atoms with E-state index in [1.807, 2.05) is 31.7 Å². The van der Waals surface area contributed by atoms with Crippen LogP contribution >= 0.6 is 0 Å². The van der Waals surface area contributed by atoms with E-state index in [2.05, 4.69) is 27.5 Å². The van der Waals surface area contributed by atoms with Crippen LogP contribution in [0.3, 0.4) is 0 Å². The van der Waals surface area contributed by atoms with Crippen molar-refractivity contribution < 1.29 is 23.6 Å². The van der Waals surface area contributed by atoms with E-state index in [-0.39, 0.29) is 17.9 Å². The Labute approximate surface area is 211 Å². The molecule has 0 saturated carbocycles. The van der Waals surface area contributed by atoms with Gasteiger partial charge in [-0.05, 0) is 89.6 Å². The first-order valence-electron chi connectivity index (χ1n) is 13.1. The topological polar surface area (TPSA) is 105 Å². The molecule has 194 valence electrons. The number of nitrogens with zero attached hydrogens (tertiary/aromatic N) is 3. The lowest BCUT2D eigenvalue weighted by Gasteiger charge is -2.42. The van der Waals surface area contributed by atoms with E-state index < -0.39 is 11.5 Å². The lowest BCUT2D eigenvalue weighted by atomic mass is 9.87. The molecule has 1 N–H and O–H groups in total. The van der Waals surface area contributed by atoms with Crippen LogP contribution in [0.2, 0.25) is 0 Å². The second-order valence-electron chi connectivity index (χ2n) is 11.3. The number of aromatic nitrogens is 1. The van der Waals surface area contributed by atoms with Crippen molar-refractivity contribution in [1.29, 1.82) is 0 Å². The fourth-order valence-corrected chi connectivity index (χ4v) is 5.77. The smallest absolute Gasteiger partial charge is 0.410 e. The lowest BCUT2D eigenvalue weighted by Crippen LogP contribution is -2.49. The number of likely N-dealkylation sites (tertiary alicyclic amines) is 2. The van der Waals surface area contributed by atoms with Gasteiger partial charge in [-0.1, -0.05) is 11.2 Å². The average molecular weight is 497 g/mol. The molecule has 0 aliphatic carbocycles. The van der Waals surface area contributed by atoms with Crippen molar-refractivity contribution in [3.8, 4) is 0 Å². The third-order valence-electron chi connectivity index (χ3n) is 7.73. The quantitative estimate of drug-likeness (QED) is 0.642. The van der Waals surface area contributed by atoms with E-state index in [0.717, 1.165) is 57.2 Å². The summed E-state index contributed by atoms with van der Waals surface area (Å²) in [5, 5.41) is 7.45. The molecule has 3 saturated heterocycles. The standard InChI is InChI=1S/C27H36N4O5/c1-27(2,3)35-26(34)31-14-10-19(11-15-31)30-12-8-17(9-13-30)18-4-5-20-22(16-18)36-29-24(20)21-6-7-23(32)28-25(21)33/h4-5,16-17,19,21H,6-15H2,1-3H3,(H,28,32,33). The summed E-state index contributed by atoms with van der Waals surface area (Å²) in [6.07, 6.45) is 4.69. The molecule has 9 heteroatoms. The number of hydrogen-bond acceptors (Lipinski definition) is 7. The predicted octanol–water partition coefficient (Wildman–Crippen LogP) is 3.93. The number of benzene rings is 1. The third-order valence-corrected chi connectivity index (χ3v) is 7.73. The minimum atomic E-state index is -0.461. The van der Waals surface area contributed by atoms with Gasteiger partial charge >= 0.3 is 6.09 Å². The van der Waals surface area contributed by atoms with Crippen LogP contribution in [0.1, 0.15) is 82.4 Å². The fourth-order valence-electron chi connectivity index (χ4n) is 5.77. The molecular weight excluding hydrogens is 460 g/mol. The third kappa shape index (κ3) is 5.26. The van der Waals surface area contributed by atoms with Crippen molar-refractivity contribution in [2.75, 3.05) is 26.2 Å². The van der Waals surface area contributed by atoms with Gasteiger partial charge in [-0.2, -0.15) is 0 Å². The zero-order valence-corrected chi connectivity index (χ0v) is 21.4. The molecule has 0 spiro atoms. The lowest BCUT2D eigenvalue weighted by molar-refractivity contribution is -0.134. The van der Waals surface area contributed by atoms with Crippen molar-refractivity contribution in [1.82, 2.24) is 20.3 Å². The Hall–Kier alpha value is -2.94. The number of piperidine rings is 3. The number of carbonyl (C=O) groups excluding carboxylic acids is 3. The molecule has 2 aromatic rings. The Bertz CT molecular complexity index is 1140. The zero-order chi connectivity index (χ0) is 25.4. The summed E-state index contributed by atoms with van der Waals surface area (Å²) in [4.78, 5) is 40.5. The maximum absolute atomic E-state index is 12.4. The van der Waals surface area contributed by atoms with Gasteiger partial charge < -0.3 is 19.1 Å². The molecule has 36 heavy (non-hydrogen) atoms. The summed E-state index contributed by atoms with van der Waals surface area (Å²) in [5.74, 6) is -0.516. The number of imide groups is 1. The van der Waals surface area contributed by atoms with Crippen molar-refractivity contribution in [3.63, 3.8) is 0 Å². The summed E-state index contributed by atoms with van der Waals surface area (Å²) < 4.78 is 11.1. The SMILES string of the molecule is CC(C)(C)OC(=O)N1CCC(N2CCC(c3ccc4c(C5CCC(=O)NC5=O)noc4c3)CC2)CC1. The van der Waals surface area contributed by atoms with Crippen LogP contribution in [0.5, 0.6) is 0 Å². The summed E-state index contributed by atoms with van der Waals surface area (Å²) in [5.41, 5.74) is 2.10. The molecule has 0 radical (unpaired) electrons. The first-order valence-corrected chi connectivity index (χ1v) is 13.1. The summed E-state index contributed by atoms with van der Waals surface area (Å²) in [6, 6.07) is 6.72. The minimum Gasteiger partial charge on any atom is -0.444 e. The highest BCUT2D eigenvalue weighted by atomic mass is 16.6. The molecule has 4 heterocycles. The monoisotopic (exact) mass is 496 g/mol. The van der Waals surface area contributed by atoms with Crippen molar-refractivity contribution >= 4 is 28.9 Å². The van der Waals surface area contributed by atoms with Gasteiger partial charge in [0.2, 0.25) is 11.8 Å². The molecule has 1 aromatic carbocycles. The van der Waals surface area contributed by atoms with Crippen molar-refractivity contribution in [3.05, 3.63) is 29.5 Å². The number of ether oxygens (including phenoxy) is 1. The molecule has 1 aromatic heterocycles. The maximum atomic E-state index is 12.4. The molecule has 3 aliphatic heterocycles. The number of carbonyl (C=O) groups is 3. The maximum Gasteiger partial charge on any atom is 0.410 e. The summed E-state index contributed by atoms with van der Waals surface area (Å²) in [7, 11) is 0. The highest BCUT2D eigenvalue weighted by Crippen LogP contribution is 2.35. The van der Waals surface area contributed by atoms with E-state index in [1.165, 1.54) is 5.56 Å². The van der Waals surface area contributed by atoms with Crippen LogP contribution in [0, 0.1) is 0 Å². The molecule has 5 rings (SSSR count). The van der Waals surface area contributed by atoms with Crippen LogP contribution in [0.15, 0.2) is 22.7 Å². The fraction of sp³-hybridized carbons (Fsp3) is 0.630. The highest BCUT2D eigenvalue weighted by Gasteiger charge is 2.33. The van der Waals surface area contributed by atoms with Gasteiger partial charge in [0, 0.05) is 30.9 Å². The molecular formula is C27H36N4O5. The van der Waals surface area contributed by atoms with Gasteiger partial charge in [-0.3, -0.25) is 14.9 Å².